The Morgan fingerprint density at radius 1 is 1.40 bits per heavy atom. The minimum atomic E-state index is -0.551. The molecule has 0 saturated carbocycles. The van der Waals surface area contributed by atoms with Crippen LogP contribution in [0.3, 0.4) is 0 Å². The number of phenols is 2. The summed E-state index contributed by atoms with van der Waals surface area (Å²) in [6.07, 6.45) is 4.04. The van der Waals surface area contributed by atoms with Gasteiger partial charge in [-0.25, -0.2) is 0 Å². The third kappa shape index (κ3) is 3.04. The van der Waals surface area contributed by atoms with Crippen LogP contribution in [0, 0.1) is 11.5 Å². The summed E-state index contributed by atoms with van der Waals surface area (Å²) in [5.74, 6) is -1.04. The Morgan fingerprint density at radius 2 is 2.13 bits per heavy atom. The number of hydrogen-bond donors (Lipinski definition) is 3. The third-order valence-electron chi connectivity index (χ3n) is 1.61. The third-order valence-corrected chi connectivity index (χ3v) is 1.61. The van der Waals surface area contributed by atoms with E-state index in [-0.39, 0.29) is 11.5 Å². The summed E-state index contributed by atoms with van der Waals surface area (Å²) in [6.45, 7) is 0. The Morgan fingerprint density at radius 3 is 2.73 bits per heavy atom. The van der Waals surface area contributed by atoms with Crippen molar-refractivity contribution in [2.24, 2.45) is 0 Å². The minimum Gasteiger partial charge on any atom is -0.504 e. The molecule has 5 heteroatoms. The van der Waals surface area contributed by atoms with Gasteiger partial charge in [-0.3, -0.25) is 10.1 Å². The molecule has 0 fully saturated rings. The molecule has 1 rings (SSSR count). The smallest absolute Gasteiger partial charge is 0.256 e. The number of amides is 1. The monoisotopic (exact) mass is 204 g/mol. The molecule has 3 N–H and O–H groups in total. The SMILES string of the molecule is N#CNC(=O)C=Cc1ccc(O)c(O)c1. The van der Waals surface area contributed by atoms with Crippen molar-refractivity contribution in [3.05, 3.63) is 29.8 Å². The van der Waals surface area contributed by atoms with E-state index in [2.05, 4.69) is 0 Å². The topological polar surface area (TPSA) is 93.4 Å². The van der Waals surface area contributed by atoms with Gasteiger partial charge < -0.3 is 10.2 Å². The summed E-state index contributed by atoms with van der Waals surface area (Å²) >= 11 is 0. The van der Waals surface area contributed by atoms with Gasteiger partial charge in [0.25, 0.3) is 5.91 Å². The Bertz CT molecular complexity index is 446. The maximum absolute atomic E-state index is 10.8. The van der Waals surface area contributed by atoms with Crippen molar-refractivity contribution >= 4 is 12.0 Å². The van der Waals surface area contributed by atoms with Crippen LogP contribution in [0.4, 0.5) is 0 Å². The Hall–Kier alpha value is -2.48. The Balaban J connectivity index is 2.78. The molecule has 0 atom stereocenters. The zero-order chi connectivity index (χ0) is 11.3. The number of nitrogens with zero attached hydrogens (tertiary/aromatic N) is 1. The number of nitrogens with one attached hydrogen (secondary N) is 1. The molecule has 0 bridgehead atoms. The minimum absolute atomic E-state index is 0.228. The first-order valence-electron chi connectivity index (χ1n) is 4.02. The molecule has 0 saturated heterocycles. The second kappa shape index (κ2) is 4.67. The number of nitriles is 1. The summed E-state index contributed by atoms with van der Waals surface area (Å²) in [6, 6.07) is 4.12. The molecule has 1 aromatic carbocycles. The van der Waals surface area contributed by atoms with E-state index < -0.39 is 5.91 Å². The number of phenolic OH excluding ortho intramolecular Hbond substituents is 2. The lowest BCUT2D eigenvalue weighted by molar-refractivity contribution is -0.115. The number of carbonyl (C=O) groups is 1. The van der Waals surface area contributed by atoms with E-state index in [9.17, 15) is 4.79 Å². The number of rotatable bonds is 2. The highest BCUT2D eigenvalue weighted by Crippen LogP contribution is 2.25. The summed E-state index contributed by atoms with van der Waals surface area (Å²) in [5.41, 5.74) is 0.540. The van der Waals surface area contributed by atoms with Crippen LogP contribution in [-0.4, -0.2) is 16.1 Å². The van der Waals surface area contributed by atoms with Gasteiger partial charge in [0.2, 0.25) is 0 Å². The second-order valence-corrected chi connectivity index (χ2v) is 2.68. The highest BCUT2D eigenvalue weighted by atomic mass is 16.3. The fourth-order valence-corrected chi connectivity index (χ4v) is 0.913. The highest BCUT2D eigenvalue weighted by Gasteiger charge is 1.98. The molecule has 0 heterocycles. The molecule has 0 aliphatic rings. The number of hydrogen-bond acceptors (Lipinski definition) is 4. The molecule has 0 spiro atoms. The van der Waals surface area contributed by atoms with Gasteiger partial charge in [-0.1, -0.05) is 6.07 Å². The zero-order valence-electron chi connectivity index (χ0n) is 7.64. The van der Waals surface area contributed by atoms with E-state index in [1.807, 2.05) is 5.32 Å². The molecule has 1 aromatic rings. The fraction of sp³-hybridized carbons (Fsp3) is 0. The molecule has 15 heavy (non-hydrogen) atoms. The van der Waals surface area contributed by atoms with E-state index >= 15 is 0 Å². The van der Waals surface area contributed by atoms with E-state index in [4.69, 9.17) is 15.5 Å². The van der Waals surface area contributed by atoms with Crippen molar-refractivity contribution in [1.29, 1.82) is 5.26 Å². The lowest BCUT2D eigenvalue weighted by atomic mass is 10.2. The second-order valence-electron chi connectivity index (χ2n) is 2.68. The van der Waals surface area contributed by atoms with Crippen molar-refractivity contribution in [1.82, 2.24) is 5.32 Å². The van der Waals surface area contributed by atoms with Gasteiger partial charge in [-0.15, -0.1) is 0 Å². The van der Waals surface area contributed by atoms with Gasteiger partial charge in [-0.2, -0.15) is 5.26 Å². The van der Waals surface area contributed by atoms with Crippen LogP contribution in [0.15, 0.2) is 24.3 Å². The molecule has 1 amide bonds. The summed E-state index contributed by atoms with van der Waals surface area (Å²) in [4.78, 5) is 10.8. The van der Waals surface area contributed by atoms with Crippen molar-refractivity contribution in [3.8, 4) is 17.7 Å². The molecule has 5 nitrogen and oxygen atoms in total. The summed E-state index contributed by atoms with van der Waals surface area (Å²) < 4.78 is 0. The predicted molar refractivity (Wildman–Crippen MR) is 52.6 cm³/mol. The van der Waals surface area contributed by atoms with Crippen LogP contribution in [-0.2, 0) is 4.79 Å². The van der Waals surface area contributed by atoms with Crippen molar-refractivity contribution in [2.75, 3.05) is 0 Å². The largest absolute Gasteiger partial charge is 0.504 e. The van der Waals surface area contributed by atoms with Crippen LogP contribution < -0.4 is 5.32 Å². The normalized spacial score (nSPS) is 9.80. The summed E-state index contributed by atoms with van der Waals surface area (Å²) in [5, 5.41) is 28.2. The van der Waals surface area contributed by atoms with Gasteiger partial charge in [0.05, 0.1) is 0 Å². The van der Waals surface area contributed by atoms with E-state index in [1.54, 1.807) is 0 Å². The van der Waals surface area contributed by atoms with Crippen molar-refractivity contribution < 1.29 is 15.0 Å². The maximum atomic E-state index is 10.8. The lowest BCUT2D eigenvalue weighted by Gasteiger charge is -1.97. The zero-order valence-corrected chi connectivity index (χ0v) is 7.64. The highest BCUT2D eigenvalue weighted by molar-refractivity contribution is 5.92. The van der Waals surface area contributed by atoms with Crippen LogP contribution in [0.5, 0.6) is 11.5 Å². The number of carbonyl (C=O) groups excluding carboxylic acids is 1. The van der Waals surface area contributed by atoms with Crippen molar-refractivity contribution in [2.45, 2.75) is 0 Å². The standard InChI is InChI=1S/C10H8N2O3/c11-6-12-10(15)4-2-7-1-3-8(13)9(14)5-7/h1-5,13-14H,(H,12,15). The van der Waals surface area contributed by atoms with Crippen molar-refractivity contribution in [3.63, 3.8) is 0 Å². The molecule has 0 aromatic heterocycles. The Labute approximate surface area is 85.9 Å². The molecule has 0 radical (unpaired) electrons. The summed E-state index contributed by atoms with van der Waals surface area (Å²) in [7, 11) is 0. The van der Waals surface area contributed by atoms with Gasteiger partial charge in [0, 0.05) is 6.08 Å². The van der Waals surface area contributed by atoms with Crippen LogP contribution in [0.25, 0.3) is 6.08 Å². The molecular weight excluding hydrogens is 196 g/mol. The molecule has 0 aliphatic heterocycles. The van der Waals surface area contributed by atoms with Gasteiger partial charge in [0.15, 0.2) is 17.7 Å². The van der Waals surface area contributed by atoms with Crippen LogP contribution in [0.2, 0.25) is 0 Å². The fourth-order valence-electron chi connectivity index (χ4n) is 0.913. The van der Waals surface area contributed by atoms with Gasteiger partial charge in [-0.05, 0) is 23.8 Å². The predicted octanol–water partition coefficient (Wildman–Crippen LogP) is 0.708. The average molecular weight is 204 g/mol. The first-order valence-corrected chi connectivity index (χ1v) is 4.02. The number of benzene rings is 1. The molecule has 0 unspecified atom stereocenters. The molecule has 76 valence electrons. The lowest BCUT2D eigenvalue weighted by Crippen LogP contribution is -2.13. The number of aromatic hydroxyl groups is 2. The van der Waals surface area contributed by atoms with Crippen LogP contribution in [0.1, 0.15) is 5.56 Å². The van der Waals surface area contributed by atoms with E-state index in [1.165, 1.54) is 30.5 Å². The first-order chi connectivity index (χ1) is 7.13. The van der Waals surface area contributed by atoms with Gasteiger partial charge in [0.1, 0.15) is 0 Å². The van der Waals surface area contributed by atoms with E-state index in [0.717, 1.165) is 6.08 Å². The maximum Gasteiger partial charge on any atom is 0.256 e. The first kappa shape index (κ1) is 10.6. The Kier molecular flexibility index (Phi) is 3.30. The average Bonchev–Trinajstić information content (AvgIpc) is 2.20. The van der Waals surface area contributed by atoms with Gasteiger partial charge >= 0.3 is 0 Å². The molecular formula is C10H8N2O3. The quantitative estimate of drug-likeness (QED) is 0.286. The van der Waals surface area contributed by atoms with Crippen LogP contribution >= 0.6 is 0 Å². The molecule has 0 aliphatic carbocycles. The van der Waals surface area contributed by atoms with E-state index in [0.29, 0.717) is 5.56 Å².